The molecule has 0 bridgehead atoms. The summed E-state index contributed by atoms with van der Waals surface area (Å²) in [6.45, 7) is 0. The van der Waals surface area contributed by atoms with E-state index in [4.69, 9.17) is 5.11 Å². The fourth-order valence-corrected chi connectivity index (χ4v) is 2.35. The third kappa shape index (κ3) is 3.53. The Kier molecular flexibility index (Phi) is 4.52. The predicted octanol–water partition coefficient (Wildman–Crippen LogP) is 5.31. The van der Waals surface area contributed by atoms with Gasteiger partial charge in [-0.2, -0.15) is 0 Å². The van der Waals surface area contributed by atoms with Gasteiger partial charge >= 0.3 is 5.97 Å². The van der Waals surface area contributed by atoms with Gasteiger partial charge in [0, 0.05) is 11.6 Å². The molecule has 3 aromatic rings. The van der Waals surface area contributed by atoms with E-state index in [0.29, 0.717) is 5.69 Å². The summed E-state index contributed by atoms with van der Waals surface area (Å²) in [4.78, 5) is 11.0. The Morgan fingerprint density at radius 3 is 2.24 bits per heavy atom. The average molecular weight is 336 g/mol. The molecule has 2 N–H and O–H groups in total. The normalized spacial score (nSPS) is 10.9. The van der Waals surface area contributed by atoms with Crippen LogP contribution in [0, 0.1) is 5.82 Å². The molecular weight excluding hydrogens is 323 g/mol. The van der Waals surface area contributed by atoms with Gasteiger partial charge in [0.05, 0.1) is 5.69 Å². The number of rotatable bonds is 4. The van der Waals surface area contributed by atoms with Crippen LogP contribution < -0.4 is 0 Å². The number of nitrogens with zero attached hydrogens (tertiary/aromatic N) is 2. The molecule has 3 aromatic carbocycles. The van der Waals surface area contributed by atoms with Gasteiger partial charge in [0.1, 0.15) is 17.1 Å². The van der Waals surface area contributed by atoms with Crippen LogP contribution in [0.4, 0.5) is 15.8 Å². The molecule has 0 saturated carbocycles. The molecule has 0 unspecified atom stereocenters. The Bertz CT molecular complexity index is 956. The second-order valence-electron chi connectivity index (χ2n) is 5.21. The number of carboxylic acid groups (broad SMARTS) is 1. The van der Waals surface area contributed by atoms with Crippen LogP contribution in [0.15, 0.2) is 77.0 Å². The highest BCUT2D eigenvalue weighted by atomic mass is 19.1. The standard InChI is InChI=1S/C19H13FN2O3/c20-13-10-15(19(24)25)18(23)17(11-13)22-21-16-9-5-4-8-14(16)12-6-2-1-3-7-12/h1-11,23H,(H,24,25)/b22-21+. The van der Waals surface area contributed by atoms with Gasteiger partial charge in [0.15, 0.2) is 5.75 Å². The maximum Gasteiger partial charge on any atom is 0.339 e. The van der Waals surface area contributed by atoms with E-state index in [0.717, 1.165) is 23.3 Å². The molecule has 0 fully saturated rings. The van der Waals surface area contributed by atoms with Crippen LogP contribution in [0.3, 0.4) is 0 Å². The average Bonchev–Trinajstić information content (AvgIpc) is 2.63. The lowest BCUT2D eigenvalue weighted by atomic mass is 10.0. The zero-order valence-electron chi connectivity index (χ0n) is 12.9. The molecule has 0 aromatic heterocycles. The van der Waals surface area contributed by atoms with Gasteiger partial charge in [-0.3, -0.25) is 0 Å². The minimum Gasteiger partial charge on any atom is -0.505 e. The van der Waals surface area contributed by atoms with Crippen LogP contribution in [-0.4, -0.2) is 16.2 Å². The summed E-state index contributed by atoms with van der Waals surface area (Å²) in [6.07, 6.45) is 0. The van der Waals surface area contributed by atoms with Crippen LogP contribution in [0.2, 0.25) is 0 Å². The molecule has 0 aliphatic heterocycles. The topological polar surface area (TPSA) is 82.2 Å². The maximum atomic E-state index is 13.6. The van der Waals surface area contributed by atoms with Crippen LogP contribution in [0.5, 0.6) is 5.75 Å². The highest BCUT2D eigenvalue weighted by molar-refractivity contribution is 5.92. The summed E-state index contributed by atoms with van der Waals surface area (Å²) >= 11 is 0. The second kappa shape index (κ2) is 6.92. The van der Waals surface area contributed by atoms with Crippen molar-refractivity contribution >= 4 is 17.3 Å². The Labute approximate surface area is 142 Å². The smallest absolute Gasteiger partial charge is 0.339 e. The Morgan fingerprint density at radius 1 is 0.880 bits per heavy atom. The van der Waals surface area contributed by atoms with Crippen molar-refractivity contribution < 1.29 is 19.4 Å². The van der Waals surface area contributed by atoms with Crippen LogP contribution in [0.1, 0.15) is 10.4 Å². The van der Waals surface area contributed by atoms with Crippen molar-refractivity contribution in [3.63, 3.8) is 0 Å². The summed E-state index contributed by atoms with van der Waals surface area (Å²) < 4.78 is 13.6. The van der Waals surface area contributed by atoms with Gasteiger partial charge in [0.2, 0.25) is 0 Å². The number of benzene rings is 3. The molecule has 0 radical (unpaired) electrons. The highest BCUT2D eigenvalue weighted by Gasteiger charge is 2.16. The first-order chi connectivity index (χ1) is 12.1. The summed E-state index contributed by atoms with van der Waals surface area (Å²) in [5, 5.41) is 26.8. The molecular formula is C19H13FN2O3. The number of aromatic hydroxyl groups is 1. The van der Waals surface area contributed by atoms with E-state index in [1.807, 2.05) is 42.5 Å². The SMILES string of the molecule is O=C(O)c1cc(F)cc(/N=N/c2ccccc2-c2ccccc2)c1O. The Balaban J connectivity index is 2.03. The molecule has 0 spiro atoms. The molecule has 25 heavy (non-hydrogen) atoms. The van der Waals surface area contributed by atoms with Gasteiger partial charge in [-0.25, -0.2) is 9.18 Å². The quantitative estimate of drug-likeness (QED) is 0.633. The van der Waals surface area contributed by atoms with E-state index in [2.05, 4.69) is 10.2 Å². The van der Waals surface area contributed by atoms with Crippen molar-refractivity contribution in [3.8, 4) is 16.9 Å². The van der Waals surface area contributed by atoms with Crippen molar-refractivity contribution in [1.82, 2.24) is 0 Å². The molecule has 3 rings (SSSR count). The summed E-state index contributed by atoms with van der Waals surface area (Å²) in [5.74, 6) is -2.89. The summed E-state index contributed by atoms with van der Waals surface area (Å²) in [6, 6.07) is 18.4. The molecule has 124 valence electrons. The molecule has 0 amide bonds. The zero-order valence-corrected chi connectivity index (χ0v) is 12.9. The number of halogens is 1. The number of aromatic carboxylic acids is 1. The number of carboxylic acids is 1. The number of carbonyl (C=O) groups is 1. The second-order valence-corrected chi connectivity index (χ2v) is 5.21. The first-order valence-electron chi connectivity index (χ1n) is 7.38. The van der Waals surface area contributed by atoms with Gasteiger partial charge in [-0.15, -0.1) is 10.2 Å². The summed E-state index contributed by atoms with van der Waals surface area (Å²) in [7, 11) is 0. The van der Waals surface area contributed by atoms with E-state index < -0.39 is 23.1 Å². The van der Waals surface area contributed by atoms with Gasteiger partial charge in [-0.05, 0) is 17.7 Å². The van der Waals surface area contributed by atoms with Crippen molar-refractivity contribution in [2.75, 3.05) is 0 Å². The lowest BCUT2D eigenvalue weighted by molar-refractivity contribution is 0.0693. The van der Waals surface area contributed by atoms with Crippen molar-refractivity contribution in [2.45, 2.75) is 0 Å². The van der Waals surface area contributed by atoms with E-state index in [1.165, 1.54) is 0 Å². The third-order valence-corrected chi connectivity index (χ3v) is 3.54. The van der Waals surface area contributed by atoms with Gasteiger partial charge in [0.25, 0.3) is 0 Å². The first kappa shape index (κ1) is 16.3. The molecule has 0 atom stereocenters. The molecule has 0 aliphatic rings. The minimum absolute atomic E-state index is 0.250. The Morgan fingerprint density at radius 2 is 1.52 bits per heavy atom. The largest absolute Gasteiger partial charge is 0.505 e. The monoisotopic (exact) mass is 336 g/mol. The molecule has 0 aliphatic carbocycles. The van der Waals surface area contributed by atoms with Crippen LogP contribution >= 0.6 is 0 Å². The number of hydrogen-bond acceptors (Lipinski definition) is 4. The van der Waals surface area contributed by atoms with Crippen LogP contribution in [0.25, 0.3) is 11.1 Å². The van der Waals surface area contributed by atoms with E-state index >= 15 is 0 Å². The van der Waals surface area contributed by atoms with Gasteiger partial charge in [-0.1, -0.05) is 48.5 Å². The Hall–Kier alpha value is -3.54. The lowest BCUT2D eigenvalue weighted by Gasteiger charge is -2.06. The number of azo groups is 1. The molecule has 0 saturated heterocycles. The molecule has 0 heterocycles. The van der Waals surface area contributed by atoms with E-state index in [-0.39, 0.29) is 5.69 Å². The summed E-state index contributed by atoms with van der Waals surface area (Å²) in [5.41, 5.74) is 1.42. The van der Waals surface area contributed by atoms with Crippen LogP contribution in [-0.2, 0) is 0 Å². The van der Waals surface area contributed by atoms with Gasteiger partial charge < -0.3 is 10.2 Å². The number of phenols is 1. The molecule has 5 nitrogen and oxygen atoms in total. The van der Waals surface area contributed by atoms with Crippen molar-refractivity contribution in [1.29, 1.82) is 0 Å². The minimum atomic E-state index is -1.45. The molecule has 6 heteroatoms. The first-order valence-corrected chi connectivity index (χ1v) is 7.38. The lowest BCUT2D eigenvalue weighted by Crippen LogP contribution is -1.97. The fourth-order valence-electron chi connectivity index (χ4n) is 2.35. The number of hydrogen-bond donors (Lipinski definition) is 2. The van der Waals surface area contributed by atoms with E-state index in [1.54, 1.807) is 12.1 Å². The predicted molar refractivity (Wildman–Crippen MR) is 91.1 cm³/mol. The van der Waals surface area contributed by atoms with Crippen molar-refractivity contribution in [3.05, 3.63) is 78.1 Å². The highest BCUT2D eigenvalue weighted by Crippen LogP contribution is 2.35. The fraction of sp³-hybridized carbons (Fsp3) is 0. The van der Waals surface area contributed by atoms with Crippen molar-refractivity contribution in [2.24, 2.45) is 10.2 Å². The zero-order chi connectivity index (χ0) is 17.8. The maximum absolute atomic E-state index is 13.6. The van der Waals surface area contributed by atoms with E-state index in [9.17, 15) is 14.3 Å². The third-order valence-electron chi connectivity index (χ3n) is 3.54.